The van der Waals surface area contributed by atoms with Gasteiger partial charge in [-0.3, -0.25) is 14.3 Å². The van der Waals surface area contributed by atoms with Crippen LogP contribution in [0.1, 0.15) is 45.0 Å². The molecule has 0 bridgehead atoms. The molecule has 0 aliphatic carbocycles. The number of hydrogen-bond donors (Lipinski definition) is 1. The highest BCUT2D eigenvalue weighted by atomic mass is 19.2. The molecule has 7 heteroatoms. The molecule has 2 heterocycles. The van der Waals surface area contributed by atoms with Crippen molar-refractivity contribution in [3.8, 4) is 0 Å². The summed E-state index contributed by atoms with van der Waals surface area (Å²) in [6, 6.07) is 2.42. The van der Waals surface area contributed by atoms with Crippen LogP contribution in [0.15, 0.2) is 16.9 Å². The topological polar surface area (TPSA) is 50.2 Å². The smallest absolute Gasteiger partial charge is 0.264 e. The van der Waals surface area contributed by atoms with Gasteiger partial charge in [0.15, 0.2) is 11.6 Å². The maximum atomic E-state index is 14.2. The third-order valence-corrected chi connectivity index (χ3v) is 5.04. The summed E-state index contributed by atoms with van der Waals surface area (Å²) in [7, 11) is 0. The van der Waals surface area contributed by atoms with Crippen LogP contribution in [0.3, 0.4) is 0 Å². The van der Waals surface area contributed by atoms with Gasteiger partial charge in [0.05, 0.1) is 11.6 Å². The Morgan fingerprint density at radius 2 is 2.04 bits per heavy atom. The molecule has 142 valence electrons. The molecule has 3 rings (SSSR count). The van der Waals surface area contributed by atoms with Crippen LogP contribution in [0.25, 0.3) is 10.9 Å². The maximum Gasteiger partial charge on any atom is 0.264 e. The zero-order chi connectivity index (χ0) is 18.7. The lowest BCUT2D eigenvalue weighted by Gasteiger charge is -2.31. The van der Waals surface area contributed by atoms with Gasteiger partial charge in [0.1, 0.15) is 11.2 Å². The Labute approximate surface area is 152 Å². The molecule has 1 saturated heterocycles. The Hall–Kier alpha value is -1.86. The average molecular weight is 364 g/mol. The second-order valence-electron chi connectivity index (χ2n) is 6.72. The van der Waals surface area contributed by atoms with Gasteiger partial charge in [-0.25, -0.2) is 13.8 Å². The molecule has 5 nitrogen and oxygen atoms in total. The van der Waals surface area contributed by atoms with Crippen molar-refractivity contribution in [1.29, 1.82) is 0 Å². The molecule has 1 aliphatic rings. The Kier molecular flexibility index (Phi) is 5.98. The Morgan fingerprint density at radius 3 is 2.77 bits per heavy atom. The predicted molar refractivity (Wildman–Crippen MR) is 98.3 cm³/mol. The number of nitrogens with one attached hydrogen (secondary N) is 1. The van der Waals surface area contributed by atoms with E-state index in [1.54, 1.807) is 0 Å². The van der Waals surface area contributed by atoms with Gasteiger partial charge in [-0.15, -0.1) is 0 Å². The molecule has 0 radical (unpaired) electrons. The SMILES string of the molecule is CCCC(c1nc2ccc(F)c(F)c2c(=O)n1CC)N1CCCNCC1. The molecule has 1 unspecified atom stereocenters. The lowest BCUT2D eigenvalue weighted by Crippen LogP contribution is -2.37. The van der Waals surface area contributed by atoms with Gasteiger partial charge >= 0.3 is 0 Å². The fraction of sp³-hybridized carbons (Fsp3) is 0.579. The van der Waals surface area contributed by atoms with E-state index in [0.29, 0.717) is 12.4 Å². The number of fused-ring (bicyclic) bond motifs is 1. The minimum atomic E-state index is -1.11. The first kappa shape index (κ1) is 18.9. The summed E-state index contributed by atoms with van der Waals surface area (Å²) < 4.78 is 29.3. The van der Waals surface area contributed by atoms with E-state index in [2.05, 4.69) is 22.1 Å². The number of benzene rings is 1. The minimum Gasteiger partial charge on any atom is -0.315 e. The number of nitrogens with zero attached hydrogens (tertiary/aromatic N) is 3. The largest absolute Gasteiger partial charge is 0.315 e. The Bertz CT molecular complexity index is 828. The fourth-order valence-corrected chi connectivity index (χ4v) is 3.75. The van der Waals surface area contributed by atoms with Crippen LogP contribution >= 0.6 is 0 Å². The van der Waals surface area contributed by atoms with Crippen molar-refractivity contribution >= 4 is 10.9 Å². The van der Waals surface area contributed by atoms with Crippen molar-refractivity contribution in [2.75, 3.05) is 26.2 Å². The molecule has 26 heavy (non-hydrogen) atoms. The van der Waals surface area contributed by atoms with E-state index in [1.165, 1.54) is 10.6 Å². The molecule has 0 spiro atoms. The zero-order valence-electron chi connectivity index (χ0n) is 15.4. The summed E-state index contributed by atoms with van der Waals surface area (Å²) in [5, 5.41) is 3.13. The summed E-state index contributed by atoms with van der Waals surface area (Å²) in [5.41, 5.74) is -0.277. The number of rotatable bonds is 5. The van der Waals surface area contributed by atoms with Crippen LogP contribution < -0.4 is 10.9 Å². The van der Waals surface area contributed by atoms with Gasteiger partial charge in [-0.05, 0) is 38.4 Å². The first-order chi connectivity index (χ1) is 12.6. The molecule has 0 saturated carbocycles. The van der Waals surface area contributed by atoms with Crippen molar-refractivity contribution in [2.24, 2.45) is 0 Å². The number of hydrogen-bond acceptors (Lipinski definition) is 4. The van der Waals surface area contributed by atoms with Crippen LogP contribution in [-0.2, 0) is 6.54 Å². The molecular weight excluding hydrogens is 338 g/mol. The highest BCUT2D eigenvalue weighted by Crippen LogP contribution is 2.26. The third-order valence-electron chi connectivity index (χ3n) is 5.04. The van der Waals surface area contributed by atoms with Crippen molar-refractivity contribution < 1.29 is 8.78 Å². The van der Waals surface area contributed by atoms with Crippen molar-refractivity contribution in [1.82, 2.24) is 19.8 Å². The van der Waals surface area contributed by atoms with Gasteiger partial charge in [0, 0.05) is 26.2 Å². The van der Waals surface area contributed by atoms with Gasteiger partial charge in [-0.1, -0.05) is 13.3 Å². The molecule has 0 amide bonds. The summed E-state index contributed by atoms with van der Waals surface area (Å²) in [6.45, 7) is 7.98. The highest BCUT2D eigenvalue weighted by molar-refractivity contribution is 5.78. The van der Waals surface area contributed by atoms with E-state index in [-0.39, 0.29) is 16.9 Å². The Balaban J connectivity index is 2.17. The second kappa shape index (κ2) is 8.22. The molecule has 1 aromatic heterocycles. The minimum absolute atomic E-state index is 0.00920. The van der Waals surface area contributed by atoms with Gasteiger partial charge in [-0.2, -0.15) is 0 Å². The average Bonchev–Trinajstić information content (AvgIpc) is 2.91. The van der Waals surface area contributed by atoms with Crippen molar-refractivity contribution in [3.63, 3.8) is 0 Å². The van der Waals surface area contributed by atoms with E-state index >= 15 is 0 Å². The van der Waals surface area contributed by atoms with Gasteiger partial charge in [0.2, 0.25) is 0 Å². The number of aromatic nitrogens is 2. The van der Waals surface area contributed by atoms with E-state index in [4.69, 9.17) is 0 Å². The first-order valence-corrected chi connectivity index (χ1v) is 9.41. The number of halogens is 2. The maximum absolute atomic E-state index is 14.2. The molecule has 1 aromatic carbocycles. The zero-order valence-corrected chi connectivity index (χ0v) is 15.4. The van der Waals surface area contributed by atoms with Crippen LogP contribution in [0.2, 0.25) is 0 Å². The van der Waals surface area contributed by atoms with E-state index in [9.17, 15) is 13.6 Å². The monoisotopic (exact) mass is 364 g/mol. The van der Waals surface area contributed by atoms with Crippen molar-refractivity contribution in [3.05, 3.63) is 39.9 Å². The van der Waals surface area contributed by atoms with Crippen LogP contribution in [0, 0.1) is 11.6 Å². The lowest BCUT2D eigenvalue weighted by atomic mass is 10.1. The summed E-state index contributed by atoms with van der Waals surface area (Å²) in [5.74, 6) is -1.48. The summed E-state index contributed by atoms with van der Waals surface area (Å²) in [6.07, 6.45) is 2.84. The van der Waals surface area contributed by atoms with E-state index < -0.39 is 17.2 Å². The van der Waals surface area contributed by atoms with E-state index in [1.807, 2.05) is 6.92 Å². The molecular formula is C19H26F2N4O. The van der Waals surface area contributed by atoms with Gasteiger partial charge in [0.25, 0.3) is 5.56 Å². The standard InChI is InChI=1S/C19H26F2N4O/c1-3-6-15(24-11-5-9-22-10-12-24)18-23-14-8-7-13(20)17(21)16(14)19(26)25(18)4-2/h7-8,15,22H,3-6,9-12H2,1-2H3. The lowest BCUT2D eigenvalue weighted by molar-refractivity contribution is 0.185. The predicted octanol–water partition coefficient (Wildman–Crippen LogP) is 2.83. The summed E-state index contributed by atoms with van der Waals surface area (Å²) >= 11 is 0. The summed E-state index contributed by atoms with van der Waals surface area (Å²) in [4.78, 5) is 19.9. The fourth-order valence-electron chi connectivity index (χ4n) is 3.75. The van der Waals surface area contributed by atoms with Gasteiger partial charge < -0.3 is 5.32 Å². The molecule has 1 fully saturated rings. The highest BCUT2D eigenvalue weighted by Gasteiger charge is 2.26. The molecule has 1 aliphatic heterocycles. The first-order valence-electron chi connectivity index (χ1n) is 9.41. The van der Waals surface area contributed by atoms with Crippen LogP contribution in [0.5, 0.6) is 0 Å². The Morgan fingerprint density at radius 1 is 1.23 bits per heavy atom. The van der Waals surface area contributed by atoms with Crippen LogP contribution in [-0.4, -0.2) is 40.6 Å². The normalized spacial score (nSPS) is 17.4. The quantitative estimate of drug-likeness (QED) is 0.886. The van der Waals surface area contributed by atoms with Crippen LogP contribution in [0.4, 0.5) is 8.78 Å². The molecule has 1 atom stereocenters. The second-order valence-corrected chi connectivity index (χ2v) is 6.72. The molecule has 1 N–H and O–H groups in total. The van der Waals surface area contributed by atoms with E-state index in [0.717, 1.165) is 51.5 Å². The van der Waals surface area contributed by atoms with Crippen molar-refractivity contribution in [2.45, 2.75) is 45.7 Å². The molecule has 2 aromatic rings. The third kappa shape index (κ3) is 3.50.